The van der Waals surface area contributed by atoms with Gasteiger partial charge in [-0.15, -0.1) is 0 Å². The molecule has 144 valence electrons. The number of amides is 2. The minimum Gasteiger partial charge on any atom is -0.335 e. The van der Waals surface area contributed by atoms with Gasteiger partial charge in [-0.05, 0) is 57.9 Å². The second-order valence-electron chi connectivity index (χ2n) is 7.56. The summed E-state index contributed by atoms with van der Waals surface area (Å²) >= 11 is 6.13. The fourth-order valence-corrected chi connectivity index (χ4v) is 2.86. The van der Waals surface area contributed by atoms with Crippen molar-refractivity contribution < 1.29 is 9.59 Å². The van der Waals surface area contributed by atoms with E-state index in [1.165, 1.54) is 0 Å². The monoisotopic (exact) mass is 386 g/mol. The highest BCUT2D eigenvalue weighted by Crippen LogP contribution is 2.26. The van der Waals surface area contributed by atoms with Gasteiger partial charge in [0.2, 0.25) is 11.8 Å². The molecule has 0 aliphatic carbocycles. The van der Waals surface area contributed by atoms with Gasteiger partial charge in [0, 0.05) is 23.3 Å². The summed E-state index contributed by atoms with van der Waals surface area (Å²) in [4.78, 5) is 27.8. The van der Waals surface area contributed by atoms with Crippen LogP contribution in [0.1, 0.15) is 38.8 Å². The average Bonchev–Trinajstić information content (AvgIpc) is 2.62. The largest absolute Gasteiger partial charge is 0.335 e. The average molecular weight is 387 g/mol. The number of halogens is 1. The molecule has 5 heteroatoms. The van der Waals surface area contributed by atoms with Crippen molar-refractivity contribution in [2.75, 3.05) is 5.32 Å². The number of carbonyl (C=O) groups excluding carboxylic acids is 2. The Labute approximate surface area is 166 Å². The zero-order valence-electron chi connectivity index (χ0n) is 16.5. The van der Waals surface area contributed by atoms with Crippen LogP contribution >= 0.6 is 11.6 Å². The maximum Gasteiger partial charge on any atom is 0.239 e. The molecule has 2 aromatic rings. The van der Waals surface area contributed by atoms with Gasteiger partial charge >= 0.3 is 0 Å². The van der Waals surface area contributed by atoms with Crippen molar-refractivity contribution in [1.82, 2.24) is 4.90 Å². The first-order valence-corrected chi connectivity index (χ1v) is 9.43. The number of hydrogen-bond acceptors (Lipinski definition) is 2. The van der Waals surface area contributed by atoms with Crippen molar-refractivity contribution >= 4 is 29.1 Å². The summed E-state index contributed by atoms with van der Waals surface area (Å²) in [6.45, 7) is 9.57. The number of anilines is 1. The van der Waals surface area contributed by atoms with Crippen LogP contribution in [0.25, 0.3) is 0 Å². The van der Waals surface area contributed by atoms with E-state index in [9.17, 15) is 9.59 Å². The van der Waals surface area contributed by atoms with Crippen LogP contribution in [0.5, 0.6) is 0 Å². The van der Waals surface area contributed by atoms with Gasteiger partial charge in [-0.1, -0.05) is 48.0 Å². The predicted molar refractivity (Wildman–Crippen MR) is 111 cm³/mol. The van der Waals surface area contributed by atoms with Crippen molar-refractivity contribution in [1.29, 1.82) is 0 Å². The molecule has 0 unspecified atom stereocenters. The molecular weight excluding hydrogens is 360 g/mol. The molecule has 4 nitrogen and oxygen atoms in total. The maximum absolute atomic E-state index is 13.2. The standard InChI is InChI=1S/C22H27ClN2O2/c1-15(2)25(14-17-9-7-6-8-10-17)21(27)22(4,5)20(26)24-18-12-11-16(3)19(23)13-18/h6-13,15H,14H2,1-5H3,(H,24,26). The van der Waals surface area contributed by atoms with E-state index >= 15 is 0 Å². The van der Waals surface area contributed by atoms with Crippen molar-refractivity contribution in [3.8, 4) is 0 Å². The van der Waals surface area contributed by atoms with Gasteiger partial charge < -0.3 is 10.2 Å². The Kier molecular flexibility index (Phi) is 6.66. The Morgan fingerprint density at radius 3 is 2.30 bits per heavy atom. The molecule has 0 aliphatic rings. The Balaban J connectivity index is 2.19. The summed E-state index contributed by atoms with van der Waals surface area (Å²) in [5.74, 6) is -0.566. The lowest BCUT2D eigenvalue weighted by molar-refractivity contribution is -0.148. The molecule has 0 bridgehead atoms. The lowest BCUT2D eigenvalue weighted by atomic mass is 9.89. The van der Waals surface area contributed by atoms with E-state index < -0.39 is 5.41 Å². The zero-order valence-corrected chi connectivity index (χ0v) is 17.3. The van der Waals surface area contributed by atoms with Crippen molar-refractivity contribution in [3.05, 3.63) is 64.7 Å². The summed E-state index contributed by atoms with van der Waals surface area (Å²) in [5, 5.41) is 3.39. The van der Waals surface area contributed by atoms with Gasteiger partial charge in [0.25, 0.3) is 0 Å². The minimum atomic E-state index is -1.21. The van der Waals surface area contributed by atoms with Crippen LogP contribution in [0, 0.1) is 12.3 Å². The maximum atomic E-state index is 13.2. The van der Waals surface area contributed by atoms with Crippen molar-refractivity contribution in [3.63, 3.8) is 0 Å². The van der Waals surface area contributed by atoms with Crippen LogP contribution in [-0.2, 0) is 16.1 Å². The van der Waals surface area contributed by atoms with Gasteiger partial charge in [0.05, 0.1) is 0 Å². The van der Waals surface area contributed by atoms with E-state index in [2.05, 4.69) is 5.32 Å². The normalized spacial score (nSPS) is 11.4. The van der Waals surface area contributed by atoms with Crippen LogP contribution in [0.3, 0.4) is 0 Å². The van der Waals surface area contributed by atoms with Crippen LogP contribution in [0.15, 0.2) is 48.5 Å². The quantitative estimate of drug-likeness (QED) is 0.706. The lowest BCUT2D eigenvalue weighted by Crippen LogP contribution is -2.49. The van der Waals surface area contributed by atoms with Crippen molar-refractivity contribution in [2.24, 2.45) is 5.41 Å². The first-order chi connectivity index (χ1) is 12.6. The molecule has 27 heavy (non-hydrogen) atoms. The van der Waals surface area contributed by atoms with E-state index in [0.29, 0.717) is 17.3 Å². The second kappa shape index (κ2) is 8.57. The molecule has 0 radical (unpaired) electrons. The summed E-state index contributed by atoms with van der Waals surface area (Å²) in [7, 11) is 0. The van der Waals surface area contributed by atoms with E-state index in [4.69, 9.17) is 11.6 Å². The molecule has 0 aromatic heterocycles. The Bertz CT molecular complexity index is 816. The van der Waals surface area contributed by atoms with E-state index in [1.807, 2.05) is 57.2 Å². The number of nitrogens with zero attached hydrogens (tertiary/aromatic N) is 1. The molecule has 2 aromatic carbocycles. The van der Waals surface area contributed by atoms with Crippen molar-refractivity contribution in [2.45, 2.75) is 47.2 Å². The van der Waals surface area contributed by atoms with Gasteiger partial charge in [-0.3, -0.25) is 9.59 Å². The number of carbonyl (C=O) groups is 2. The zero-order chi connectivity index (χ0) is 20.2. The highest BCUT2D eigenvalue weighted by Gasteiger charge is 2.40. The molecule has 0 spiro atoms. The summed E-state index contributed by atoms with van der Waals surface area (Å²) in [5.41, 5.74) is 1.33. The summed E-state index contributed by atoms with van der Waals surface area (Å²) in [6.07, 6.45) is 0. The minimum absolute atomic E-state index is 0.0291. The van der Waals surface area contributed by atoms with Crippen LogP contribution in [-0.4, -0.2) is 22.8 Å². The molecule has 2 amide bonds. The fourth-order valence-electron chi connectivity index (χ4n) is 2.68. The molecule has 0 saturated heterocycles. The predicted octanol–water partition coefficient (Wildman–Crippen LogP) is 5.05. The Morgan fingerprint density at radius 2 is 1.74 bits per heavy atom. The number of aryl methyl sites for hydroxylation is 1. The van der Waals surface area contributed by atoms with Gasteiger partial charge in [-0.2, -0.15) is 0 Å². The summed E-state index contributed by atoms with van der Waals surface area (Å²) < 4.78 is 0. The van der Waals surface area contributed by atoms with Crippen LogP contribution in [0.4, 0.5) is 5.69 Å². The smallest absolute Gasteiger partial charge is 0.239 e. The topological polar surface area (TPSA) is 49.4 Å². The van der Waals surface area contributed by atoms with Gasteiger partial charge in [0.1, 0.15) is 5.41 Å². The summed E-state index contributed by atoms with van der Waals surface area (Å²) in [6, 6.07) is 15.1. The number of benzene rings is 2. The molecule has 1 N–H and O–H groups in total. The SMILES string of the molecule is Cc1ccc(NC(=O)C(C)(C)C(=O)N(Cc2ccccc2)C(C)C)cc1Cl. The lowest BCUT2D eigenvalue weighted by Gasteiger charge is -2.34. The van der Waals surface area contributed by atoms with E-state index in [1.54, 1.807) is 30.9 Å². The second-order valence-corrected chi connectivity index (χ2v) is 7.96. The number of hydrogen-bond donors (Lipinski definition) is 1. The first kappa shape index (κ1) is 21.0. The number of nitrogens with one attached hydrogen (secondary N) is 1. The third-order valence-corrected chi connectivity index (χ3v) is 5.02. The Morgan fingerprint density at radius 1 is 1.11 bits per heavy atom. The molecular formula is C22H27ClN2O2. The van der Waals surface area contributed by atoms with Crippen LogP contribution < -0.4 is 5.32 Å². The highest BCUT2D eigenvalue weighted by atomic mass is 35.5. The Hall–Kier alpha value is -2.33. The molecule has 0 heterocycles. The molecule has 2 rings (SSSR count). The first-order valence-electron chi connectivity index (χ1n) is 9.05. The molecule has 0 atom stereocenters. The van der Waals surface area contributed by atoms with E-state index in [0.717, 1.165) is 11.1 Å². The molecule has 0 fully saturated rings. The number of rotatable bonds is 6. The van der Waals surface area contributed by atoms with Gasteiger partial charge in [-0.25, -0.2) is 0 Å². The van der Waals surface area contributed by atoms with E-state index in [-0.39, 0.29) is 17.9 Å². The fraction of sp³-hybridized carbons (Fsp3) is 0.364. The molecule has 0 aliphatic heterocycles. The van der Waals surface area contributed by atoms with Crippen LogP contribution in [0.2, 0.25) is 5.02 Å². The highest BCUT2D eigenvalue weighted by molar-refractivity contribution is 6.31. The third kappa shape index (κ3) is 5.10. The third-order valence-electron chi connectivity index (χ3n) is 4.61. The van der Waals surface area contributed by atoms with Gasteiger partial charge in [0.15, 0.2) is 0 Å². The molecule has 0 saturated carbocycles.